The van der Waals surface area contributed by atoms with Gasteiger partial charge in [0.15, 0.2) is 0 Å². The molecule has 0 aliphatic carbocycles. The van der Waals surface area contributed by atoms with Crippen LogP contribution in [0.1, 0.15) is 22.0 Å². The number of halogens is 3. The SMILES string of the molecule is Cc1sc(Br)cc1C(N)c1ccc(F)cc1Br. The fourth-order valence-corrected chi connectivity index (χ4v) is 4.04. The minimum atomic E-state index is -0.268. The van der Waals surface area contributed by atoms with E-state index in [-0.39, 0.29) is 11.9 Å². The third-order valence-corrected chi connectivity index (χ3v) is 4.81. The average molecular weight is 379 g/mol. The van der Waals surface area contributed by atoms with Gasteiger partial charge in [0.2, 0.25) is 0 Å². The standard InChI is InChI=1S/C12H10Br2FNS/c1-6-9(5-11(14)17-6)12(16)8-3-2-7(15)4-10(8)13/h2-5,12H,16H2,1H3. The summed E-state index contributed by atoms with van der Waals surface area (Å²) in [6, 6.07) is 6.35. The molecular weight excluding hydrogens is 369 g/mol. The summed E-state index contributed by atoms with van der Waals surface area (Å²) in [5.74, 6) is -0.268. The van der Waals surface area contributed by atoms with Crippen molar-refractivity contribution in [2.75, 3.05) is 0 Å². The Bertz CT molecular complexity index is 553. The highest BCUT2D eigenvalue weighted by molar-refractivity contribution is 9.11. The molecule has 2 N–H and O–H groups in total. The van der Waals surface area contributed by atoms with Crippen molar-refractivity contribution < 1.29 is 4.39 Å². The van der Waals surface area contributed by atoms with E-state index in [0.717, 1.165) is 14.9 Å². The molecule has 1 nitrogen and oxygen atoms in total. The van der Waals surface area contributed by atoms with Gasteiger partial charge in [0, 0.05) is 9.35 Å². The van der Waals surface area contributed by atoms with Gasteiger partial charge >= 0.3 is 0 Å². The monoisotopic (exact) mass is 377 g/mol. The first-order valence-electron chi connectivity index (χ1n) is 4.95. The molecule has 1 heterocycles. The van der Waals surface area contributed by atoms with Crippen molar-refractivity contribution in [3.63, 3.8) is 0 Å². The van der Waals surface area contributed by atoms with Crippen molar-refractivity contribution >= 4 is 43.2 Å². The molecule has 1 atom stereocenters. The third kappa shape index (κ3) is 2.78. The molecule has 17 heavy (non-hydrogen) atoms. The number of hydrogen-bond donors (Lipinski definition) is 1. The number of hydrogen-bond acceptors (Lipinski definition) is 2. The molecule has 0 saturated carbocycles. The number of thiophene rings is 1. The molecule has 1 unspecified atom stereocenters. The molecule has 0 saturated heterocycles. The summed E-state index contributed by atoms with van der Waals surface area (Å²) in [6.45, 7) is 2.03. The second kappa shape index (κ2) is 5.18. The van der Waals surface area contributed by atoms with Crippen molar-refractivity contribution in [3.8, 4) is 0 Å². The van der Waals surface area contributed by atoms with E-state index in [1.54, 1.807) is 17.4 Å². The summed E-state index contributed by atoms with van der Waals surface area (Å²) in [7, 11) is 0. The van der Waals surface area contributed by atoms with Crippen LogP contribution in [0, 0.1) is 12.7 Å². The van der Waals surface area contributed by atoms with Gasteiger partial charge in [-0.05, 0) is 52.2 Å². The molecule has 0 aliphatic rings. The molecule has 0 amide bonds. The van der Waals surface area contributed by atoms with Gasteiger partial charge in [-0.15, -0.1) is 11.3 Å². The molecule has 0 aliphatic heterocycles. The zero-order chi connectivity index (χ0) is 12.6. The lowest BCUT2D eigenvalue weighted by atomic mass is 10.0. The maximum absolute atomic E-state index is 13.0. The van der Waals surface area contributed by atoms with Gasteiger partial charge in [-0.3, -0.25) is 0 Å². The molecule has 5 heteroatoms. The normalized spacial score (nSPS) is 12.8. The summed E-state index contributed by atoms with van der Waals surface area (Å²) >= 11 is 8.44. The molecule has 0 spiro atoms. The molecule has 2 aromatic rings. The first-order valence-corrected chi connectivity index (χ1v) is 7.35. The van der Waals surface area contributed by atoms with E-state index in [4.69, 9.17) is 5.73 Å². The Morgan fingerprint density at radius 3 is 2.47 bits per heavy atom. The maximum Gasteiger partial charge on any atom is 0.124 e. The Kier molecular flexibility index (Phi) is 4.02. The van der Waals surface area contributed by atoms with E-state index in [9.17, 15) is 4.39 Å². The lowest BCUT2D eigenvalue weighted by molar-refractivity contribution is 0.625. The summed E-state index contributed by atoms with van der Waals surface area (Å²) in [6.07, 6.45) is 0. The van der Waals surface area contributed by atoms with E-state index in [0.29, 0.717) is 4.47 Å². The maximum atomic E-state index is 13.0. The van der Waals surface area contributed by atoms with Crippen LogP contribution in [-0.2, 0) is 0 Å². The molecule has 1 aromatic heterocycles. The van der Waals surface area contributed by atoms with Crippen LogP contribution in [0.3, 0.4) is 0 Å². The summed E-state index contributed by atoms with van der Waals surface area (Å²) in [5.41, 5.74) is 8.17. The van der Waals surface area contributed by atoms with Gasteiger partial charge in [-0.2, -0.15) is 0 Å². The van der Waals surface area contributed by atoms with E-state index < -0.39 is 0 Å². The highest BCUT2D eigenvalue weighted by atomic mass is 79.9. The number of nitrogens with two attached hydrogens (primary N) is 1. The lowest BCUT2D eigenvalue weighted by Gasteiger charge is -2.14. The Morgan fingerprint density at radius 2 is 1.94 bits per heavy atom. The lowest BCUT2D eigenvalue weighted by Crippen LogP contribution is -2.12. The Hall–Kier alpha value is -0.230. The highest BCUT2D eigenvalue weighted by Crippen LogP contribution is 2.34. The second-order valence-electron chi connectivity index (χ2n) is 3.71. The molecule has 1 aromatic carbocycles. The van der Waals surface area contributed by atoms with Crippen molar-refractivity contribution in [2.24, 2.45) is 5.73 Å². The third-order valence-electron chi connectivity index (χ3n) is 2.56. The minimum Gasteiger partial charge on any atom is -0.320 e. The number of benzene rings is 1. The Labute approximate surface area is 120 Å². The van der Waals surface area contributed by atoms with Crippen LogP contribution in [0.5, 0.6) is 0 Å². The largest absolute Gasteiger partial charge is 0.320 e. The predicted octanol–water partition coefficient (Wildman–Crippen LogP) is 4.77. The minimum absolute atomic E-state index is 0.243. The van der Waals surface area contributed by atoms with Crippen molar-refractivity contribution in [3.05, 3.63) is 54.3 Å². The molecule has 0 bridgehead atoms. The zero-order valence-electron chi connectivity index (χ0n) is 9.01. The van der Waals surface area contributed by atoms with Crippen LogP contribution in [0.4, 0.5) is 4.39 Å². The highest BCUT2D eigenvalue weighted by Gasteiger charge is 2.16. The van der Waals surface area contributed by atoms with Crippen LogP contribution in [-0.4, -0.2) is 0 Å². The first kappa shape index (κ1) is 13.2. The predicted molar refractivity (Wildman–Crippen MR) is 76.9 cm³/mol. The van der Waals surface area contributed by atoms with E-state index in [1.807, 2.05) is 13.0 Å². The van der Waals surface area contributed by atoms with Crippen LogP contribution >= 0.6 is 43.2 Å². The molecule has 0 fully saturated rings. The fourth-order valence-electron chi connectivity index (χ4n) is 1.69. The molecular formula is C12H10Br2FNS. The quantitative estimate of drug-likeness (QED) is 0.800. The molecule has 0 radical (unpaired) electrons. The van der Waals surface area contributed by atoms with Crippen LogP contribution in [0.15, 0.2) is 32.5 Å². The van der Waals surface area contributed by atoms with Crippen LogP contribution in [0.25, 0.3) is 0 Å². The zero-order valence-corrected chi connectivity index (χ0v) is 13.0. The van der Waals surface area contributed by atoms with Gasteiger partial charge in [-0.1, -0.05) is 22.0 Å². The van der Waals surface area contributed by atoms with Crippen LogP contribution in [0.2, 0.25) is 0 Å². The average Bonchev–Trinajstić information content (AvgIpc) is 2.57. The van der Waals surface area contributed by atoms with Crippen LogP contribution < -0.4 is 5.73 Å². The Morgan fingerprint density at radius 1 is 1.24 bits per heavy atom. The van der Waals surface area contributed by atoms with Gasteiger partial charge in [0.05, 0.1) is 9.83 Å². The Balaban J connectivity index is 2.43. The molecule has 90 valence electrons. The van der Waals surface area contributed by atoms with Gasteiger partial charge in [0.25, 0.3) is 0 Å². The molecule has 2 rings (SSSR count). The van der Waals surface area contributed by atoms with Gasteiger partial charge in [-0.25, -0.2) is 4.39 Å². The topological polar surface area (TPSA) is 26.0 Å². The van der Waals surface area contributed by atoms with E-state index in [2.05, 4.69) is 31.9 Å². The van der Waals surface area contributed by atoms with Crippen molar-refractivity contribution in [2.45, 2.75) is 13.0 Å². The summed E-state index contributed by atoms with van der Waals surface area (Å²) in [5, 5.41) is 0. The van der Waals surface area contributed by atoms with E-state index in [1.165, 1.54) is 17.0 Å². The fraction of sp³-hybridized carbons (Fsp3) is 0.167. The van der Waals surface area contributed by atoms with Gasteiger partial charge in [0.1, 0.15) is 5.82 Å². The second-order valence-corrected chi connectivity index (χ2v) is 7.20. The summed E-state index contributed by atoms with van der Waals surface area (Å²) in [4.78, 5) is 1.17. The van der Waals surface area contributed by atoms with Crippen molar-refractivity contribution in [1.82, 2.24) is 0 Å². The first-order chi connectivity index (χ1) is 7.99. The number of aryl methyl sites for hydroxylation is 1. The van der Waals surface area contributed by atoms with Gasteiger partial charge < -0.3 is 5.73 Å². The summed E-state index contributed by atoms with van der Waals surface area (Å²) < 4.78 is 14.8. The smallest absolute Gasteiger partial charge is 0.124 e. The van der Waals surface area contributed by atoms with E-state index >= 15 is 0 Å². The number of rotatable bonds is 2. The van der Waals surface area contributed by atoms with Crippen molar-refractivity contribution in [1.29, 1.82) is 0 Å².